The van der Waals surface area contributed by atoms with Crippen molar-refractivity contribution < 1.29 is 26.3 Å². The zero-order valence-corrected chi connectivity index (χ0v) is 18.0. The van der Waals surface area contributed by atoms with Crippen LogP contribution < -0.4 is 4.74 Å². The van der Waals surface area contributed by atoms with Gasteiger partial charge in [0.05, 0.1) is 0 Å². The van der Waals surface area contributed by atoms with Crippen molar-refractivity contribution in [1.29, 1.82) is 0 Å². The lowest BCUT2D eigenvalue weighted by atomic mass is 9.95. The number of hydrogen-bond donors (Lipinski definition) is 0. The van der Waals surface area contributed by atoms with Gasteiger partial charge in [0.25, 0.3) is 0 Å². The molecule has 0 spiro atoms. The predicted octanol–water partition coefficient (Wildman–Crippen LogP) is 4.23. The number of piperidine rings is 2. The molecule has 0 radical (unpaired) electrons. The molecule has 0 saturated carbocycles. The molecule has 0 bridgehead atoms. The van der Waals surface area contributed by atoms with Gasteiger partial charge in [-0.05, 0) is 62.9 Å². The van der Waals surface area contributed by atoms with E-state index in [0.717, 1.165) is 44.0 Å². The molecule has 0 aromatic heterocycles. The van der Waals surface area contributed by atoms with E-state index in [2.05, 4.69) is 32.5 Å². The Balaban J connectivity index is 1.72. The molecule has 5 nitrogen and oxygen atoms in total. The highest BCUT2D eigenvalue weighted by Crippen LogP contribution is 2.35. The molecule has 2 fully saturated rings. The second-order valence-corrected chi connectivity index (χ2v) is 10.3. The lowest BCUT2D eigenvalue weighted by molar-refractivity contribution is -0.275. The molecule has 1 aromatic rings. The largest absolute Gasteiger partial charge is 0.573 e. The third-order valence-corrected chi connectivity index (χ3v) is 7.94. The van der Waals surface area contributed by atoms with Crippen LogP contribution in [0.1, 0.15) is 32.6 Å². The molecular weight excluding hydrogens is 461 g/mol. The number of halogens is 4. The fourth-order valence-corrected chi connectivity index (χ4v) is 5.78. The zero-order chi connectivity index (χ0) is 20.5. The molecule has 158 valence electrons. The number of rotatable bonds is 4. The van der Waals surface area contributed by atoms with Crippen LogP contribution in [0.15, 0.2) is 27.6 Å². The number of nitrogens with zero attached hydrogens (tertiary/aromatic N) is 2. The maximum absolute atomic E-state index is 13.0. The minimum Gasteiger partial charge on any atom is -0.404 e. The minimum atomic E-state index is -4.97. The highest BCUT2D eigenvalue weighted by Gasteiger charge is 2.37. The van der Waals surface area contributed by atoms with E-state index in [9.17, 15) is 21.6 Å². The van der Waals surface area contributed by atoms with Crippen molar-refractivity contribution in [2.24, 2.45) is 5.92 Å². The van der Waals surface area contributed by atoms with Crippen LogP contribution in [0.5, 0.6) is 5.75 Å². The number of hydrogen-bond acceptors (Lipinski definition) is 4. The summed E-state index contributed by atoms with van der Waals surface area (Å²) in [5, 5.41) is 0. The van der Waals surface area contributed by atoms with Crippen molar-refractivity contribution in [1.82, 2.24) is 9.21 Å². The maximum Gasteiger partial charge on any atom is 0.573 e. The molecule has 2 aliphatic rings. The molecule has 1 aromatic carbocycles. The first-order valence-electron chi connectivity index (χ1n) is 9.36. The normalized spacial score (nSPS) is 21.8. The van der Waals surface area contributed by atoms with E-state index in [-0.39, 0.29) is 0 Å². The Morgan fingerprint density at radius 2 is 1.68 bits per heavy atom. The van der Waals surface area contributed by atoms with E-state index in [1.165, 1.54) is 10.4 Å². The van der Waals surface area contributed by atoms with E-state index < -0.39 is 27.0 Å². The van der Waals surface area contributed by atoms with Crippen molar-refractivity contribution in [2.45, 2.75) is 49.9 Å². The van der Waals surface area contributed by atoms with Gasteiger partial charge < -0.3 is 9.64 Å². The standard InChI is InChI=1S/C18H24BrF3N2O3S/c1-13-4-8-23(9-5-13)15-6-10-24(11-7-15)28(25,26)17-3-2-14(19)12-16(17)27-18(20,21)22/h2-3,12-13,15H,4-11H2,1H3. The molecule has 10 heteroatoms. The van der Waals surface area contributed by atoms with Crippen LogP contribution in [0.25, 0.3) is 0 Å². The second kappa shape index (κ2) is 8.49. The van der Waals surface area contributed by atoms with Crippen LogP contribution in [-0.4, -0.2) is 56.2 Å². The van der Waals surface area contributed by atoms with Gasteiger partial charge in [-0.25, -0.2) is 8.42 Å². The van der Waals surface area contributed by atoms with Gasteiger partial charge in [0, 0.05) is 23.6 Å². The molecule has 2 aliphatic heterocycles. The first-order valence-corrected chi connectivity index (χ1v) is 11.6. The molecule has 0 amide bonds. The Morgan fingerprint density at radius 3 is 2.25 bits per heavy atom. The van der Waals surface area contributed by atoms with E-state index in [4.69, 9.17) is 0 Å². The van der Waals surface area contributed by atoms with E-state index in [1.807, 2.05) is 0 Å². The summed E-state index contributed by atoms with van der Waals surface area (Å²) < 4.78 is 69.7. The monoisotopic (exact) mass is 484 g/mol. The van der Waals surface area contributed by atoms with Gasteiger partial charge in [-0.1, -0.05) is 22.9 Å². The van der Waals surface area contributed by atoms with E-state index in [1.54, 1.807) is 0 Å². The molecule has 0 N–H and O–H groups in total. The highest BCUT2D eigenvalue weighted by atomic mass is 79.9. The summed E-state index contributed by atoms with van der Waals surface area (Å²) in [5.41, 5.74) is 0. The van der Waals surface area contributed by atoms with Gasteiger partial charge in [-0.2, -0.15) is 4.31 Å². The van der Waals surface area contributed by atoms with Crippen LogP contribution >= 0.6 is 15.9 Å². The lowest BCUT2D eigenvalue weighted by Gasteiger charge is -2.41. The van der Waals surface area contributed by atoms with Gasteiger partial charge in [0.1, 0.15) is 4.90 Å². The quantitative estimate of drug-likeness (QED) is 0.641. The summed E-state index contributed by atoms with van der Waals surface area (Å²) in [6, 6.07) is 3.91. The van der Waals surface area contributed by atoms with E-state index >= 15 is 0 Å². The zero-order valence-electron chi connectivity index (χ0n) is 15.6. The summed E-state index contributed by atoms with van der Waals surface area (Å²) in [5.74, 6) is 0.00944. The fraction of sp³-hybridized carbons (Fsp3) is 0.667. The molecule has 0 aliphatic carbocycles. The van der Waals surface area contributed by atoms with Crippen LogP contribution in [0, 0.1) is 5.92 Å². The number of benzene rings is 1. The van der Waals surface area contributed by atoms with Crippen molar-refractivity contribution in [3.63, 3.8) is 0 Å². The van der Waals surface area contributed by atoms with Crippen molar-refractivity contribution in [2.75, 3.05) is 26.2 Å². The highest BCUT2D eigenvalue weighted by molar-refractivity contribution is 9.10. The van der Waals surface area contributed by atoms with Gasteiger partial charge in [0.15, 0.2) is 5.75 Å². The van der Waals surface area contributed by atoms with E-state index in [0.29, 0.717) is 36.4 Å². The van der Waals surface area contributed by atoms with Crippen molar-refractivity contribution in [3.05, 3.63) is 22.7 Å². The maximum atomic E-state index is 13.0. The fourth-order valence-electron chi connectivity index (χ4n) is 3.88. The summed E-state index contributed by atoms with van der Waals surface area (Å²) in [4.78, 5) is 1.96. The number of sulfonamides is 1. The van der Waals surface area contributed by atoms with Gasteiger partial charge in [-0.3, -0.25) is 0 Å². The first kappa shape index (κ1) is 21.9. The number of likely N-dealkylation sites (tertiary alicyclic amines) is 1. The van der Waals surface area contributed by atoms with Crippen LogP contribution in [0.3, 0.4) is 0 Å². The Morgan fingerprint density at radius 1 is 1.07 bits per heavy atom. The third-order valence-electron chi connectivity index (χ3n) is 5.51. The Labute approximate surface area is 172 Å². The Hall–Kier alpha value is -0.840. The lowest BCUT2D eigenvalue weighted by Crippen LogP contribution is -2.48. The summed E-state index contributed by atoms with van der Waals surface area (Å²) in [6.07, 6.45) is -1.31. The SMILES string of the molecule is CC1CCN(C2CCN(S(=O)(=O)c3ccc(Br)cc3OC(F)(F)F)CC2)CC1. The Kier molecular flexibility index (Phi) is 6.63. The molecule has 3 rings (SSSR count). The minimum absolute atomic E-state index is 0.292. The third kappa shape index (κ3) is 5.20. The smallest absolute Gasteiger partial charge is 0.404 e. The summed E-state index contributed by atoms with van der Waals surface area (Å²) in [6.45, 7) is 4.87. The molecular formula is C18H24BrF3N2O3S. The van der Waals surface area contributed by atoms with Crippen molar-refractivity contribution >= 4 is 26.0 Å². The molecule has 2 saturated heterocycles. The number of ether oxygens (including phenoxy) is 1. The summed E-state index contributed by atoms with van der Waals surface area (Å²) >= 11 is 3.06. The average Bonchev–Trinajstić information content (AvgIpc) is 2.61. The first-order chi connectivity index (χ1) is 13.1. The van der Waals surface area contributed by atoms with Crippen LogP contribution in [0.4, 0.5) is 13.2 Å². The second-order valence-electron chi connectivity index (χ2n) is 7.49. The van der Waals surface area contributed by atoms with Crippen LogP contribution in [0.2, 0.25) is 0 Å². The summed E-state index contributed by atoms with van der Waals surface area (Å²) in [7, 11) is -4.08. The van der Waals surface area contributed by atoms with Gasteiger partial charge in [0.2, 0.25) is 10.0 Å². The average molecular weight is 485 g/mol. The molecule has 2 heterocycles. The topological polar surface area (TPSA) is 49.9 Å². The molecule has 28 heavy (non-hydrogen) atoms. The van der Waals surface area contributed by atoms with Gasteiger partial charge in [-0.15, -0.1) is 13.2 Å². The number of alkyl halides is 3. The van der Waals surface area contributed by atoms with Crippen molar-refractivity contribution in [3.8, 4) is 5.75 Å². The van der Waals surface area contributed by atoms with Gasteiger partial charge >= 0.3 is 6.36 Å². The Bertz CT molecular complexity index is 788. The van der Waals surface area contributed by atoms with Crippen LogP contribution in [-0.2, 0) is 10.0 Å². The molecule has 0 unspecified atom stereocenters. The molecule has 0 atom stereocenters. The predicted molar refractivity (Wildman–Crippen MR) is 103 cm³/mol.